The van der Waals surface area contributed by atoms with E-state index in [1.165, 1.54) is 19.2 Å². The number of rotatable bonds is 3. The van der Waals surface area contributed by atoms with Crippen LogP contribution >= 0.6 is 0 Å². The van der Waals surface area contributed by atoms with Crippen LogP contribution in [0.3, 0.4) is 0 Å². The summed E-state index contributed by atoms with van der Waals surface area (Å²) in [6.45, 7) is 2.74. The summed E-state index contributed by atoms with van der Waals surface area (Å²) in [5.74, 6) is 2.00. The van der Waals surface area contributed by atoms with Crippen molar-refractivity contribution in [2.24, 2.45) is 11.8 Å². The maximum absolute atomic E-state index is 11.6. The minimum absolute atomic E-state index is 0.170. The summed E-state index contributed by atoms with van der Waals surface area (Å²) in [6.07, 6.45) is 4.85. The van der Waals surface area contributed by atoms with Crippen molar-refractivity contribution in [1.82, 2.24) is 20.2 Å². The first-order chi connectivity index (χ1) is 11.2. The molecule has 2 aliphatic rings. The van der Waals surface area contributed by atoms with Gasteiger partial charge in [-0.3, -0.25) is 4.90 Å². The van der Waals surface area contributed by atoms with Gasteiger partial charge in [0.05, 0.1) is 11.7 Å². The van der Waals surface area contributed by atoms with Gasteiger partial charge in [-0.25, -0.2) is 14.8 Å². The summed E-state index contributed by atoms with van der Waals surface area (Å²) in [7, 11) is 1.81. The Morgan fingerprint density at radius 2 is 2.09 bits per heavy atom. The predicted molar refractivity (Wildman–Crippen MR) is 87.4 cm³/mol. The van der Waals surface area contributed by atoms with Gasteiger partial charge in [0.1, 0.15) is 12.1 Å². The molecule has 7 nitrogen and oxygen atoms in total. The second-order valence-electron chi connectivity index (χ2n) is 6.44. The lowest BCUT2D eigenvalue weighted by atomic mass is 9.76. The summed E-state index contributed by atoms with van der Waals surface area (Å²) in [6, 6.07) is 1.70. The number of hydrogen-bond acceptors (Lipinski definition) is 5. The molecule has 2 saturated heterocycles. The number of likely N-dealkylation sites (tertiary alicyclic amines) is 1. The van der Waals surface area contributed by atoms with Crippen molar-refractivity contribution >= 4 is 11.9 Å². The number of anilines is 1. The first kappa shape index (κ1) is 16.0. The maximum atomic E-state index is 11.6. The molecule has 0 spiro atoms. The Bertz CT molecular complexity index is 547. The van der Waals surface area contributed by atoms with Crippen molar-refractivity contribution in [3.63, 3.8) is 0 Å². The fourth-order valence-corrected chi connectivity index (χ4v) is 3.94. The molecule has 2 unspecified atom stereocenters. The van der Waals surface area contributed by atoms with Crippen LogP contribution in [-0.4, -0.2) is 52.7 Å². The lowest BCUT2D eigenvalue weighted by molar-refractivity contribution is 0.0671. The normalized spacial score (nSPS) is 26.0. The van der Waals surface area contributed by atoms with Crippen LogP contribution in [0.2, 0.25) is 0 Å². The van der Waals surface area contributed by atoms with Crippen molar-refractivity contribution in [1.29, 1.82) is 0 Å². The van der Waals surface area contributed by atoms with Gasteiger partial charge in [-0.1, -0.05) is 0 Å². The summed E-state index contributed by atoms with van der Waals surface area (Å²) in [5, 5.41) is 16.0. The van der Waals surface area contributed by atoms with Crippen LogP contribution in [0.25, 0.3) is 0 Å². The lowest BCUT2D eigenvalue weighted by Crippen LogP contribution is -2.43. The van der Waals surface area contributed by atoms with Crippen LogP contribution in [0.4, 0.5) is 10.6 Å². The van der Waals surface area contributed by atoms with E-state index in [0.717, 1.165) is 37.4 Å². The molecule has 1 amide bonds. The third-order valence-corrected chi connectivity index (χ3v) is 5.22. The van der Waals surface area contributed by atoms with E-state index in [-0.39, 0.29) is 6.04 Å². The van der Waals surface area contributed by atoms with Crippen LogP contribution in [0.15, 0.2) is 12.4 Å². The zero-order chi connectivity index (χ0) is 16.2. The van der Waals surface area contributed by atoms with Gasteiger partial charge in [-0.15, -0.1) is 0 Å². The highest BCUT2D eigenvalue weighted by molar-refractivity contribution is 5.66. The number of carboxylic acid groups (broad SMARTS) is 1. The molecule has 23 heavy (non-hydrogen) atoms. The maximum Gasteiger partial charge on any atom is 0.407 e. The molecule has 0 aliphatic carbocycles. The van der Waals surface area contributed by atoms with Crippen LogP contribution in [0, 0.1) is 11.8 Å². The second-order valence-corrected chi connectivity index (χ2v) is 6.44. The molecule has 2 aliphatic heterocycles. The fraction of sp³-hybridized carbons (Fsp3) is 0.688. The summed E-state index contributed by atoms with van der Waals surface area (Å²) >= 11 is 0. The molecule has 3 rings (SSSR count). The van der Waals surface area contributed by atoms with Gasteiger partial charge < -0.3 is 15.7 Å². The first-order valence-corrected chi connectivity index (χ1v) is 8.39. The quantitative estimate of drug-likeness (QED) is 0.789. The van der Waals surface area contributed by atoms with Gasteiger partial charge in [0.2, 0.25) is 0 Å². The number of carbonyl (C=O) groups is 1. The molecule has 7 heteroatoms. The summed E-state index contributed by atoms with van der Waals surface area (Å²) in [4.78, 5) is 21.7. The Morgan fingerprint density at radius 3 is 2.78 bits per heavy atom. The number of nitrogens with zero attached hydrogens (tertiary/aromatic N) is 3. The molecule has 0 aromatic carbocycles. The third-order valence-electron chi connectivity index (χ3n) is 5.22. The molecule has 1 aromatic rings. The van der Waals surface area contributed by atoms with Gasteiger partial charge in [0.25, 0.3) is 0 Å². The van der Waals surface area contributed by atoms with E-state index >= 15 is 0 Å². The highest BCUT2D eigenvalue weighted by Crippen LogP contribution is 2.39. The van der Waals surface area contributed by atoms with Crippen LogP contribution < -0.4 is 10.6 Å². The minimum atomic E-state index is -0.858. The van der Waals surface area contributed by atoms with E-state index in [2.05, 4.69) is 20.6 Å². The van der Waals surface area contributed by atoms with Gasteiger partial charge in [0, 0.05) is 19.7 Å². The molecular weight excluding hydrogens is 294 g/mol. The highest BCUT2D eigenvalue weighted by atomic mass is 16.4. The van der Waals surface area contributed by atoms with Crippen molar-refractivity contribution in [3.8, 4) is 0 Å². The summed E-state index contributed by atoms with van der Waals surface area (Å²) < 4.78 is 0. The van der Waals surface area contributed by atoms with E-state index in [9.17, 15) is 9.90 Å². The minimum Gasteiger partial charge on any atom is -0.465 e. The van der Waals surface area contributed by atoms with E-state index in [1.807, 2.05) is 6.07 Å². The number of hydrogen-bond donors (Lipinski definition) is 3. The molecule has 0 bridgehead atoms. The van der Waals surface area contributed by atoms with E-state index < -0.39 is 6.09 Å². The number of nitrogens with one attached hydrogen (secondary N) is 2. The number of amides is 1. The Balaban J connectivity index is 1.80. The van der Waals surface area contributed by atoms with Crippen molar-refractivity contribution < 1.29 is 9.90 Å². The predicted octanol–water partition coefficient (Wildman–Crippen LogP) is 1.95. The van der Waals surface area contributed by atoms with Gasteiger partial charge in [-0.2, -0.15) is 0 Å². The topological polar surface area (TPSA) is 90.4 Å². The monoisotopic (exact) mass is 319 g/mol. The molecular formula is C16H25N5O2. The van der Waals surface area contributed by atoms with Crippen molar-refractivity contribution in [2.45, 2.75) is 31.7 Å². The van der Waals surface area contributed by atoms with Crippen LogP contribution in [0.5, 0.6) is 0 Å². The highest BCUT2D eigenvalue weighted by Gasteiger charge is 2.37. The Labute approximate surface area is 136 Å². The standard InChI is InChI=1S/C16H25N5O2/c1-17-15-9-13(19-10-20-15)14-8-12(4-7-21(14)16(22)23)11-2-5-18-6-3-11/h9-12,14,18H,2-8H2,1H3,(H,22,23)(H,17,19,20). The largest absolute Gasteiger partial charge is 0.465 e. The number of piperidine rings is 2. The number of aromatic nitrogens is 2. The van der Waals surface area contributed by atoms with Gasteiger partial charge in [0.15, 0.2) is 0 Å². The van der Waals surface area contributed by atoms with E-state index in [1.54, 1.807) is 11.9 Å². The average molecular weight is 319 g/mol. The SMILES string of the molecule is CNc1cc(C2CC(C3CCNCC3)CCN2C(=O)O)ncn1. The Morgan fingerprint density at radius 1 is 1.30 bits per heavy atom. The molecule has 0 saturated carbocycles. The zero-order valence-electron chi connectivity index (χ0n) is 13.5. The molecule has 2 atom stereocenters. The average Bonchev–Trinajstić information content (AvgIpc) is 2.62. The van der Waals surface area contributed by atoms with Crippen molar-refractivity contribution in [2.75, 3.05) is 32.0 Å². The molecule has 1 aromatic heterocycles. The molecule has 2 fully saturated rings. The van der Waals surface area contributed by atoms with E-state index in [0.29, 0.717) is 18.4 Å². The zero-order valence-corrected chi connectivity index (χ0v) is 13.5. The third kappa shape index (κ3) is 3.55. The van der Waals surface area contributed by atoms with Crippen LogP contribution in [-0.2, 0) is 0 Å². The lowest BCUT2D eigenvalue weighted by Gasteiger charge is -2.41. The van der Waals surface area contributed by atoms with Gasteiger partial charge in [-0.05, 0) is 50.6 Å². The summed E-state index contributed by atoms with van der Waals surface area (Å²) in [5.41, 5.74) is 0.797. The van der Waals surface area contributed by atoms with Crippen molar-refractivity contribution in [3.05, 3.63) is 18.1 Å². The molecule has 0 radical (unpaired) electrons. The first-order valence-electron chi connectivity index (χ1n) is 8.39. The fourth-order valence-electron chi connectivity index (χ4n) is 3.94. The Hall–Kier alpha value is -1.89. The van der Waals surface area contributed by atoms with E-state index in [4.69, 9.17) is 0 Å². The molecule has 126 valence electrons. The second kappa shape index (κ2) is 7.12. The smallest absolute Gasteiger partial charge is 0.407 e. The molecule has 3 heterocycles. The Kier molecular flexibility index (Phi) is 4.95. The van der Waals surface area contributed by atoms with Crippen LogP contribution in [0.1, 0.15) is 37.4 Å². The van der Waals surface area contributed by atoms with Gasteiger partial charge >= 0.3 is 6.09 Å². The molecule has 3 N–H and O–H groups in total.